The SMILES string of the molecule is CCCCCC/C=C\CCCCCCCC(=O)OCCCCCCCCCCCCCCCCCCCCCCCCCCCC(=O)NC(CO)C(O)CCCCCCCCCCCCCCCCCCC. The number of aliphatic hydroxyl groups is 2. The van der Waals surface area contributed by atoms with E-state index in [0.29, 0.717) is 25.9 Å². The van der Waals surface area contributed by atoms with Gasteiger partial charge in [0.25, 0.3) is 0 Å². The van der Waals surface area contributed by atoms with E-state index in [-0.39, 0.29) is 18.5 Å². The highest BCUT2D eigenvalue weighted by molar-refractivity contribution is 5.76. The van der Waals surface area contributed by atoms with Gasteiger partial charge in [0.15, 0.2) is 0 Å². The van der Waals surface area contributed by atoms with Crippen LogP contribution >= 0.6 is 0 Å². The molecule has 0 aromatic carbocycles. The Morgan fingerprint density at radius 3 is 1.00 bits per heavy atom. The summed E-state index contributed by atoms with van der Waals surface area (Å²) in [4.78, 5) is 24.5. The first-order chi connectivity index (χ1) is 35.5. The normalized spacial score (nSPS) is 12.6. The molecule has 0 aromatic heterocycles. The van der Waals surface area contributed by atoms with E-state index in [9.17, 15) is 19.8 Å². The van der Waals surface area contributed by atoms with E-state index in [1.165, 1.54) is 295 Å². The standard InChI is InChI=1S/C66H129NO5/c1-3-5-7-9-11-13-15-17-18-28-31-35-38-42-46-50-54-58-64(69)63(62-68)67-65(70)59-55-51-47-43-39-36-32-29-26-24-22-20-19-21-23-25-27-30-33-37-41-45-49-53-57-61-72-66(71)60-56-52-48-44-40-34-16-14-12-10-8-6-4-2/h14,16,63-64,68-69H,3-13,15,17-62H2,1-2H3,(H,67,70)/b16-14-. The summed E-state index contributed by atoms with van der Waals surface area (Å²) in [5.41, 5.74) is 0. The minimum atomic E-state index is -0.663. The maximum atomic E-state index is 12.5. The molecule has 0 spiro atoms. The van der Waals surface area contributed by atoms with Crippen LogP contribution in [0.3, 0.4) is 0 Å². The molecule has 0 heterocycles. The first kappa shape index (κ1) is 70.6. The monoisotopic (exact) mass is 1020 g/mol. The summed E-state index contributed by atoms with van der Waals surface area (Å²) in [6.45, 7) is 4.97. The number of hydrogen-bond acceptors (Lipinski definition) is 5. The summed E-state index contributed by atoms with van der Waals surface area (Å²) in [7, 11) is 0. The Hall–Kier alpha value is -1.40. The van der Waals surface area contributed by atoms with Crippen molar-refractivity contribution in [1.29, 1.82) is 0 Å². The Bertz CT molecular complexity index is 1080. The van der Waals surface area contributed by atoms with Gasteiger partial charge in [-0.3, -0.25) is 9.59 Å². The van der Waals surface area contributed by atoms with E-state index in [1.807, 2.05) is 0 Å². The number of nitrogens with one attached hydrogen (secondary N) is 1. The Balaban J connectivity index is 3.36. The van der Waals surface area contributed by atoms with Crippen LogP contribution in [0.4, 0.5) is 0 Å². The number of carbonyl (C=O) groups excluding carboxylic acids is 2. The van der Waals surface area contributed by atoms with Gasteiger partial charge in [-0.05, 0) is 51.4 Å². The Kier molecular flexibility index (Phi) is 60.9. The molecule has 3 N–H and O–H groups in total. The highest BCUT2D eigenvalue weighted by atomic mass is 16.5. The average molecular weight is 1020 g/mol. The second-order valence-corrected chi connectivity index (χ2v) is 22.8. The third-order valence-corrected chi connectivity index (χ3v) is 15.6. The number of allylic oxidation sites excluding steroid dienone is 2. The van der Waals surface area contributed by atoms with Crippen molar-refractivity contribution in [3.05, 3.63) is 12.2 Å². The van der Waals surface area contributed by atoms with E-state index in [0.717, 1.165) is 44.9 Å². The first-order valence-corrected chi connectivity index (χ1v) is 32.9. The summed E-state index contributed by atoms with van der Waals surface area (Å²) in [5, 5.41) is 23.4. The van der Waals surface area contributed by atoms with Crippen molar-refractivity contribution in [3.8, 4) is 0 Å². The van der Waals surface area contributed by atoms with Crippen LogP contribution in [0.5, 0.6) is 0 Å². The van der Waals surface area contributed by atoms with Crippen LogP contribution in [0.15, 0.2) is 12.2 Å². The van der Waals surface area contributed by atoms with E-state index in [2.05, 4.69) is 31.3 Å². The van der Waals surface area contributed by atoms with Crippen molar-refractivity contribution < 1.29 is 24.5 Å². The number of ether oxygens (including phenoxy) is 1. The van der Waals surface area contributed by atoms with Crippen molar-refractivity contribution in [2.75, 3.05) is 13.2 Å². The number of rotatable bonds is 62. The van der Waals surface area contributed by atoms with E-state index in [4.69, 9.17) is 4.74 Å². The number of aliphatic hydroxyl groups excluding tert-OH is 2. The van der Waals surface area contributed by atoms with Crippen LogP contribution in [-0.4, -0.2) is 47.4 Å². The maximum absolute atomic E-state index is 12.5. The molecule has 428 valence electrons. The van der Waals surface area contributed by atoms with Crippen molar-refractivity contribution in [1.82, 2.24) is 5.32 Å². The van der Waals surface area contributed by atoms with Gasteiger partial charge in [0.05, 0.1) is 25.4 Å². The smallest absolute Gasteiger partial charge is 0.305 e. The lowest BCUT2D eigenvalue weighted by molar-refractivity contribution is -0.143. The first-order valence-electron chi connectivity index (χ1n) is 32.9. The molecule has 0 aliphatic carbocycles. The molecular formula is C66H129NO5. The second kappa shape index (κ2) is 62.1. The second-order valence-electron chi connectivity index (χ2n) is 22.8. The van der Waals surface area contributed by atoms with Crippen LogP contribution in [0, 0.1) is 0 Å². The highest BCUT2D eigenvalue weighted by Crippen LogP contribution is 2.19. The molecule has 0 radical (unpaired) electrons. The van der Waals surface area contributed by atoms with Crippen molar-refractivity contribution >= 4 is 11.9 Å². The zero-order valence-corrected chi connectivity index (χ0v) is 48.9. The summed E-state index contributed by atoms with van der Waals surface area (Å²) in [6, 6.07) is -0.540. The van der Waals surface area contributed by atoms with Gasteiger partial charge in [0.2, 0.25) is 5.91 Å². The summed E-state index contributed by atoms with van der Waals surface area (Å²) >= 11 is 0. The third kappa shape index (κ3) is 57.9. The summed E-state index contributed by atoms with van der Waals surface area (Å²) in [6.07, 6.45) is 75.2. The van der Waals surface area contributed by atoms with Gasteiger partial charge in [-0.2, -0.15) is 0 Å². The van der Waals surface area contributed by atoms with Crippen molar-refractivity contribution in [2.24, 2.45) is 0 Å². The molecule has 72 heavy (non-hydrogen) atoms. The maximum Gasteiger partial charge on any atom is 0.305 e. The molecule has 1 amide bonds. The molecule has 0 aliphatic rings. The Morgan fingerprint density at radius 2 is 0.653 bits per heavy atom. The molecule has 0 saturated carbocycles. The summed E-state index contributed by atoms with van der Waals surface area (Å²) < 4.78 is 5.48. The number of amides is 1. The number of carbonyl (C=O) groups is 2. The number of hydrogen-bond donors (Lipinski definition) is 3. The molecule has 0 rings (SSSR count). The van der Waals surface area contributed by atoms with Crippen LogP contribution in [0.1, 0.15) is 373 Å². The predicted molar refractivity (Wildman–Crippen MR) is 315 cm³/mol. The lowest BCUT2D eigenvalue weighted by Crippen LogP contribution is -2.45. The third-order valence-electron chi connectivity index (χ3n) is 15.6. The zero-order chi connectivity index (χ0) is 52.2. The van der Waals surface area contributed by atoms with Crippen LogP contribution in [0.25, 0.3) is 0 Å². The average Bonchev–Trinajstić information content (AvgIpc) is 3.38. The van der Waals surface area contributed by atoms with Gasteiger partial charge in [-0.25, -0.2) is 0 Å². The van der Waals surface area contributed by atoms with Gasteiger partial charge in [0.1, 0.15) is 0 Å². The molecule has 6 heteroatoms. The Morgan fingerprint density at radius 1 is 0.375 bits per heavy atom. The molecule has 2 unspecified atom stereocenters. The molecule has 6 nitrogen and oxygen atoms in total. The topological polar surface area (TPSA) is 95.9 Å². The minimum Gasteiger partial charge on any atom is -0.466 e. The van der Waals surface area contributed by atoms with E-state index < -0.39 is 12.1 Å². The van der Waals surface area contributed by atoms with Crippen LogP contribution in [0.2, 0.25) is 0 Å². The van der Waals surface area contributed by atoms with Crippen molar-refractivity contribution in [3.63, 3.8) is 0 Å². The van der Waals surface area contributed by atoms with Gasteiger partial charge >= 0.3 is 5.97 Å². The minimum absolute atomic E-state index is 0.00792. The van der Waals surface area contributed by atoms with E-state index in [1.54, 1.807) is 0 Å². The number of unbranched alkanes of at least 4 members (excludes halogenated alkanes) is 49. The lowest BCUT2D eigenvalue weighted by atomic mass is 10.0. The molecule has 2 atom stereocenters. The van der Waals surface area contributed by atoms with Gasteiger partial charge in [-0.1, -0.05) is 321 Å². The quantitative estimate of drug-likeness (QED) is 0.0320. The predicted octanol–water partition coefficient (Wildman–Crippen LogP) is 20.8. The van der Waals surface area contributed by atoms with E-state index >= 15 is 0 Å². The van der Waals surface area contributed by atoms with Crippen LogP contribution in [-0.2, 0) is 14.3 Å². The zero-order valence-electron chi connectivity index (χ0n) is 48.9. The van der Waals surface area contributed by atoms with Gasteiger partial charge in [-0.15, -0.1) is 0 Å². The largest absolute Gasteiger partial charge is 0.466 e. The molecule has 0 fully saturated rings. The fraction of sp³-hybridized carbons (Fsp3) is 0.939. The number of esters is 1. The molecule has 0 aromatic rings. The van der Waals surface area contributed by atoms with Gasteiger partial charge in [0, 0.05) is 12.8 Å². The lowest BCUT2D eigenvalue weighted by Gasteiger charge is -2.22. The van der Waals surface area contributed by atoms with Gasteiger partial charge < -0.3 is 20.3 Å². The molecular weight excluding hydrogens is 887 g/mol. The fourth-order valence-electron chi connectivity index (χ4n) is 10.5. The fourth-order valence-corrected chi connectivity index (χ4v) is 10.5. The van der Waals surface area contributed by atoms with Crippen molar-refractivity contribution in [2.45, 2.75) is 386 Å². The summed E-state index contributed by atoms with van der Waals surface area (Å²) in [5.74, 6) is -0.0218. The highest BCUT2D eigenvalue weighted by Gasteiger charge is 2.20. The Labute approximate surface area is 450 Å². The van der Waals surface area contributed by atoms with Crippen LogP contribution < -0.4 is 5.32 Å². The molecule has 0 aliphatic heterocycles. The molecule has 0 bridgehead atoms. The molecule has 0 saturated heterocycles.